The molecule has 0 unspecified atom stereocenters. The average molecular weight is 327 g/mol. The fourth-order valence-electron chi connectivity index (χ4n) is 2.54. The SMILES string of the molecule is OCCc1c(-c2ccc(Br)s2)nc2n1CCCC2. The van der Waals surface area contributed by atoms with Gasteiger partial charge in [-0.2, -0.15) is 0 Å². The molecule has 96 valence electrons. The zero-order valence-corrected chi connectivity index (χ0v) is 12.4. The Kier molecular flexibility index (Phi) is 3.54. The minimum absolute atomic E-state index is 0.185. The molecule has 0 bridgehead atoms. The molecule has 2 aromatic rings. The molecule has 0 aromatic carbocycles. The molecule has 0 spiro atoms. The van der Waals surface area contributed by atoms with Crippen LogP contribution < -0.4 is 0 Å². The van der Waals surface area contributed by atoms with Gasteiger partial charge in [0.25, 0.3) is 0 Å². The summed E-state index contributed by atoms with van der Waals surface area (Å²) >= 11 is 5.20. The van der Waals surface area contributed by atoms with Crippen LogP contribution in [0.15, 0.2) is 15.9 Å². The van der Waals surface area contributed by atoms with Gasteiger partial charge in [-0.3, -0.25) is 0 Å². The van der Waals surface area contributed by atoms with Crippen molar-refractivity contribution < 1.29 is 5.11 Å². The van der Waals surface area contributed by atoms with E-state index >= 15 is 0 Å². The van der Waals surface area contributed by atoms with Crippen LogP contribution in [0.5, 0.6) is 0 Å². The Hall–Kier alpha value is -0.650. The van der Waals surface area contributed by atoms with Crippen molar-refractivity contribution in [3.05, 3.63) is 27.4 Å². The second kappa shape index (κ2) is 5.15. The number of hydrogen-bond acceptors (Lipinski definition) is 3. The third-order valence-electron chi connectivity index (χ3n) is 3.34. The van der Waals surface area contributed by atoms with Gasteiger partial charge < -0.3 is 9.67 Å². The van der Waals surface area contributed by atoms with Gasteiger partial charge in [-0.1, -0.05) is 0 Å². The molecule has 0 aliphatic carbocycles. The number of imidazole rings is 1. The molecule has 0 saturated carbocycles. The van der Waals surface area contributed by atoms with Crippen LogP contribution in [0.3, 0.4) is 0 Å². The molecule has 2 aromatic heterocycles. The Balaban J connectivity index is 2.10. The van der Waals surface area contributed by atoms with Crippen LogP contribution in [-0.4, -0.2) is 21.3 Å². The maximum atomic E-state index is 9.27. The number of halogens is 1. The fourth-order valence-corrected chi connectivity index (χ4v) is 3.94. The Morgan fingerprint density at radius 3 is 3.00 bits per heavy atom. The van der Waals surface area contributed by atoms with Crippen LogP contribution in [0.25, 0.3) is 10.6 Å². The van der Waals surface area contributed by atoms with Gasteiger partial charge >= 0.3 is 0 Å². The van der Waals surface area contributed by atoms with Crippen molar-refractivity contribution in [3.63, 3.8) is 0 Å². The summed E-state index contributed by atoms with van der Waals surface area (Å²) in [5, 5.41) is 9.27. The maximum absolute atomic E-state index is 9.27. The van der Waals surface area contributed by atoms with Gasteiger partial charge in [0.05, 0.1) is 8.66 Å². The lowest BCUT2D eigenvalue weighted by atomic mass is 10.1. The molecule has 0 saturated heterocycles. The number of aromatic nitrogens is 2. The summed E-state index contributed by atoms with van der Waals surface area (Å²) in [4.78, 5) is 5.98. The first kappa shape index (κ1) is 12.4. The highest BCUT2D eigenvalue weighted by Gasteiger charge is 2.20. The Morgan fingerprint density at radius 1 is 1.39 bits per heavy atom. The zero-order chi connectivity index (χ0) is 12.5. The Morgan fingerprint density at radius 2 is 2.28 bits per heavy atom. The van der Waals surface area contributed by atoms with Gasteiger partial charge in [0.2, 0.25) is 0 Å². The number of fused-ring (bicyclic) bond motifs is 1. The van der Waals surface area contributed by atoms with Crippen LogP contribution in [0.4, 0.5) is 0 Å². The molecule has 3 heterocycles. The first-order chi connectivity index (χ1) is 8.79. The van der Waals surface area contributed by atoms with Crippen molar-refractivity contribution in [2.24, 2.45) is 0 Å². The lowest BCUT2D eigenvalue weighted by Crippen LogP contribution is -2.13. The smallest absolute Gasteiger partial charge is 0.109 e. The van der Waals surface area contributed by atoms with E-state index in [0.717, 1.165) is 22.4 Å². The van der Waals surface area contributed by atoms with E-state index in [1.165, 1.54) is 29.2 Å². The molecule has 1 aliphatic heterocycles. The highest BCUT2D eigenvalue weighted by Crippen LogP contribution is 2.34. The van der Waals surface area contributed by atoms with Crippen molar-refractivity contribution in [2.75, 3.05) is 6.61 Å². The van der Waals surface area contributed by atoms with Crippen LogP contribution in [-0.2, 0) is 19.4 Å². The summed E-state index contributed by atoms with van der Waals surface area (Å²) in [6.07, 6.45) is 4.20. The van der Waals surface area contributed by atoms with Gasteiger partial charge in [0.15, 0.2) is 0 Å². The van der Waals surface area contributed by atoms with E-state index in [2.05, 4.69) is 32.6 Å². The number of rotatable bonds is 3. The van der Waals surface area contributed by atoms with E-state index in [-0.39, 0.29) is 6.61 Å². The number of aliphatic hydroxyl groups excluding tert-OH is 1. The second-order valence-electron chi connectivity index (χ2n) is 4.51. The summed E-state index contributed by atoms with van der Waals surface area (Å²) in [5.41, 5.74) is 2.26. The van der Waals surface area contributed by atoms with Crippen LogP contribution in [0, 0.1) is 0 Å². The Labute approximate surface area is 119 Å². The molecule has 3 nitrogen and oxygen atoms in total. The number of thiophene rings is 1. The molecule has 3 rings (SSSR count). The lowest BCUT2D eigenvalue weighted by molar-refractivity contribution is 0.295. The third-order valence-corrected chi connectivity index (χ3v) is 4.97. The minimum atomic E-state index is 0.185. The maximum Gasteiger partial charge on any atom is 0.109 e. The van der Waals surface area contributed by atoms with E-state index in [0.29, 0.717) is 6.42 Å². The molecule has 0 amide bonds. The molecule has 0 atom stereocenters. The van der Waals surface area contributed by atoms with Crippen molar-refractivity contribution in [1.29, 1.82) is 0 Å². The molecule has 1 N–H and O–H groups in total. The lowest BCUT2D eigenvalue weighted by Gasteiger charge is -2.16. The van der Waals surface area contributed by atoms with Crippen molar-refractivity contribution in [2.45, 2.75) is 32.2 Å². The second-order valence-corrected chi connectivity index (χ2v) is 6.97. The van der Waals surface area contributed by atoms with Gasteiger partial charge in [-0.15, -0.1) is 11.3 Å². The minimum Gasteiger partial charge on any atom is -0.396 e. The van der Waals surface area contributed by atoms with E-state index < -0.39 is 0 Å². The summed E-state index contributed by atoms with van der Waals surface area (Å²) < 4.78 is 3.43. The molecule has 1 aliphatic rings. The quantitative estimate of drug-likeness (QED) is 0.940. The first-order valence-corrected chi connectivity index (χ1v) is 7.85. The van der Waals surface area contributed by atoms with Gasteiger partial charge in [-0.25, -0.2) is 4.98 Å². The summed E-state index contributed by atoms with van der Waals surface area (Å²) in [5.74, 6) is 1.18. The zero-order valence-electron chi connectivity index (χ0n) is 10.0. The van der Waals surface area contributed by atoms with Crippen molar-refractivity contribution in [3.8, 4) is 10.6 Å². The summed E-state index contributed by atoms with van der Waals surface area (Å²) in [7, 11) is 0. The van der Waals surface area contributed by atoms with Gasteiger partial charge in [-0.05, 0) is 40.9 Å². The standard InChI is InChI=1S/C13H15BrN2OS/c14-11-5-4-10(18-11)13-9(6-8-17)16-7-2-1-3-12(16)15-13/h4-5,17H,1-3,6-8H2. The normalized spacial score (nSPS) is 14.8. The molecule has 0 radical (unpaired) electrons. The predicted molar refractivity (Wildman–Crippen MR) is 77.0 cm³/mol. The fraction of sp³-hybridized carbons (Fsp3) is 0.462. The molecule has 5 heteroatoms. The number of aliphatic hydroxyl groups is 1. The van der Waals surface area contributed by atoms with Crippen LogP contribution in [0.1, 0.15) is 24.4 Å². The van der Waals surface area contributed by atoms with E-state index in [1.807, 2.05) is 0 Å². The average Bonchev–Trinajstić information content (AvgIpc) is 2.95. The monoisotopic (exact) mass is 326 g/mol. The summed E-state index contributed by atoms with van der Waals surface area (Å²) in [6, 6.07) is 4.16. The number of hydrogen-bond donors (Lipinski definition) is 1. The largest absolute Gasteiger partial charge is 0.396 e. The van der Waals surface area contributed by atoms with Crippen LogP contribution in [0.2, 0.25) is 0 Å². The predicted octanol–water partition coefficient (Wildman–Crippen LogP) is 3.25. The van der Waals surface area contributed by atoms with Gasteiger partial charge in [0, 0.05) is 31.7 Å². The molecular formula is C13H15BrN2OS. The van der Waals surface area contributed by atoms with E-state index in [1.54, 1.807) is 11.3 Å². The van der Waals surface area contributed by atoms with Crippen LogP contribution >= 0.6 is 27.3 Å². The topological polar surface area (TPSA) is 38.1 Å². The summed E-state index contributed by atoms with van der Waals surface area (Å²) in [6.45, 7) is 1.23. The van der Waals surface area contributed by atoms with E-state index in [9.17, 15) is 5.11 Å². The number of aryl methyl sites for hydroxylation is 1. The van der Waals surface area contributed by atoms with E-state index in [4.69, 9.17) is 4.98 Å². The number of nitrogens with zero attached hydrogens (tertiary/aromatic N) is 2. The molecular weight excluding hydrogens is 312 g/mol. The Bertz CT molecular complexity index is 561. The first-order valence-electron chi connectivity index (χ1n) is 6.24. The highest BCUT2D eigenvalue weighted by molar-refractivity contribution is 9.11. The van der Waals surface area contributed by atoms with Crippen molar-refractivity contribution in [1.82, 2.24) is 9.55 Å². The highest BCUT2D eigenvalue weighted by atomic mass is 79.9. The third kappa shape index (κ3) is 2.15. The molecule has 0 fully saturated rings. The van der Waals surface area contributed by atoms with Crippen molar-refractivity contribution >= 4 is 27.3 Å². The molecule has 18 heavy (non-hydrogen) atoms. The van der Waals surface area contributed by atoms with Gasteiger partial charge in [0.1, 0.15) is 11.5 Å².